The van der Waals surface area contributed by atoms with Gasteiger partial charge in [0.15, 0.2) is 18.1 Å². The predicted molar refractivity (Wildman–Crippen MR) is 109 cm³/mol. The van der Waals surface area contributed by atoms with Crippen LogP contribution < -0.4 is 0 Å². The molecule has 1 atom stereocenters. The zero-order valence-electron chi connectivity index (χ0n) is 15.5. The zero-order chi connectivity index (χ0) is 20.0. The summed E-state index contributed by atoms with van der Waals surface area (Å²) in [5, 5.41) is 1.96. The van der Waals surface area contributed by atoms with Crippen molar-refractivity contribution in [3.8, 4) is 0 Å². The fourth-order valence-corrected chi connectivity index (χ4v) is 3.61. The van der Waals surface area contributed by atoms with Crippen LogP contribution in [0.1, 0.15) is 22.1 Å². The smallest absolute Gasteiger partial charge is 0.338 e. The van der Waals surface area contributed by atoms with Crippen molar-refractivity contribution in [2.75, 3.05) is 0 Å². The molecule has 0 aliphatic carbocycles. The lowest BCUT2D eigenvalue weighted by Gasteiger charge is -2.14. The van der Waals surface area contributed by atoms with E-state index in [0.717, 1.165) is 21.8 Å². The minimum atomic E-state index is -0.963. The Bertz CT molecular complexity index is 1340. The van der Waals surface area contributed by atoms with Crippen molar-refractivity contribution in [2.24, 2.45) is 0 Å². The Morgan fingerprint density at radius 3 is 2.31 bits per heavy atom. The van der Waals surface area contributed by atoms with E-state index in [2.05, 4.69) is 4.98 Å². The number of rotatable bonds is 3. The van der Waals surface area contributed by atoms with Gasteiger partial charge < -0.3 is 9.15 Å². The summed E-state index contributed by atoms with van der Waals surface area (Å²) in [6.07, 6.45) is 0.350. The van der Waals surface area contributed by atoms with Crippen molar-refractivity contribution >= 4 is 44.8 Å². The standard InChI is InChI=1S/C23H16N2O4/c1-14(29-23(27)15-10-11-21-18(12-15)24-13-28-21)22(26)25-19-8-4-2-6-16(19)17-7-3-5-9-20(17)25/h2-14H,1H3. The lowest BCUT2D eigenvalue weighted by Crippen LogP contribution is -2.29. The molecule has 0 amide bonds. The molecule has 29 heavy (non-hydrogen) atoms. The highest BCUT2D eigenvalue weighted by atomic mass is 16.5. The van der Waals surface area contributed by atoms with E-state index in [0.29, 0.717) is 16.7 Å². The van der Waals surface area contributed by atoms with Crippen LogP contribution in [0.15, 0.2) is 77.5 Å². The summed E-state index contributed by atoms with van der Waals surface area (Å²) >= 11 is 0. The Morgan fingerprint density at radius 1 is 0.966 bits per heavy atom. The molecule has 0 saturated heterocycles. The van der Waals surface area contributed by atoms with Gasteiger partial charge in [-0.15, -0.1) is 0 Å². The topological polar surface area (TPSA) is 74.3 Å². The first-order valence-electron chi connectivity index (χ1n) is 9.20. The molecular weight excluding hydrogens is 368 g/mol. The number of fused-ring (bicyclic) bond motifs is 4. The summed E-state index contributed by atoms with van der Waals surface area (Å²) in [5.41, 5.74) is 3.02. The molecule has 0 N–H and O–H groups in total. The third-order valence-corrected chi connectivity index (χ3v) is 5.00. The molecule has 0 aliphatic rings. The highest BCUT2D eigenvalue weighted by Gasteiger charge is 2.24. The first-order chi connectivity index (χ1) is 14.1. The second-order valence-electron chi connectivity index (χ2n) is 6.79. The van der Waals surface area contributed by atoms with Crippen molar-refractivity contribution in [3.63, 3.8) is 0 Å². The predicted octanol–water partition coefficient (Wildman–Crippen LogP) is 4.82. The van der Waals surface area contributed by atoms with Gasteiger partial charge in [-0.1, -0.05) is 36.4 Å². The van der Waals surface area contributed by atoms with Gasteiger partial charge in [-0.05, 0) is 37.3 Å². The van der Waals surface area contributed by atoms with Crippen LogP contribution in [0, 0.1) is 0 Å². The van der Waals surface area contributed by atoms with Crippen LogP contribution in [0.2, 0.25) is 0 Å². The normalized spacial score (nSPS) is 12.4. The molecule has 2 aromatic heterocycles. The zero-order valence-corrected chi connectivity index (χ0v) is 15.5. The van der Waals surface area contributed by atoms with E-state index in [1.807, 2.05) is 48.5 Å². The fraction of sp³-hybridized carbons (Fsp3) is 0.0870. The Balaban J connectivity index is 1.49. The first kappa shape index (κ1) is 17.2. The average molecular weight is 384 g/mol. The van der Waals surface area contributed by atoms with Crippen molar-refractivity contribution in [2.45, 2.75) is 13.0 Å². The summed E-state index contributed by atoms with van der Waals surface area (Å²) in [6, 6.07) is 20.2. The summed E-state index contributed by atoms with van der Waals surface area (Å²) in [6.45, 7) is 1.58. The molecule has 6 heteroatoms. The van der Waals surface area contributed by atoms with Crippen LogP contribution in [0.25, 0.3) is 32.9 Å². The van der Waals surface area contributed by atoms with Gasteiger partial charge >= 0.3 is 5.97 Å². The molecule has 0 spiro atoms. The van der Waals surface area contributed by atoms with E-state index >= 15 is 0 Å². The van der Waals surface area contributed by atoms with Crippen molar-refractivity contribution in [3.05, 3.63) is 78.7 Å². The van der Waals surface area contributed by atoms with Crippen LogP contribution in [0.5, 0.6) is 0 Å². The number of benzene rings is 3. The first-order valence-corrected chi connectivity index (χ1v) is 9.20. The second-order valence-corrected chi connectivity index (χ2v) is 6.79. The number of carbonyl (C=O) groups excluding carboxylic acids is 2. The third kappa shape index (κ3) is 2.77. The van der Waals surface area contributed by atoms with Crippen molar-refractivity contribution in [1.29, 1.82) is 0 Å². The number of hydrogen-bond donors (Lipinski definition) is 0. The molecule has 5 aromatic rings. The van der Waals surface area contributed by atoms with E-state index in [4.69, 9.17) is 9.15 Å². The summed E-state index contributed by atoms with van der Waals surface area (Å²) < 4.78 is 12.3. The van der Waals surface area contributed by atoms with Crippen LogP contribution in [0.3, 0.4) is 0 Å². The highest BCUT2D eigenvalue weighted by molar-refractivity contribution is 6.14. The molecule has 0 aliphatic heterocycles. The lowest BCUT2D eigenvalue weighted by molar-refractivity contribution is 0.0288. The Hall–Kier alpha value is -3.93. The monoisotopic (exact) mass is 384 g/mol. The number of aromatic nitrogens is 2. The largest absolute Gasteiger partial charge is 0.449 e. The van der Waals surface area contributed by atoms with Gasteiger partial charge in [-0.3, -0.25) is 9.36 Å². The van der Waals surface area contributed by atoms with E-state index in [-0.39, 0.29) is 5.91 Å². The SMILES string of the molecule is CC(OC(=O)c1ccc2ocnc2c1)C(=O)n1c2ccccc2c2ccccc21. The molecule has 0 saturated carbocycles. The Labute approximate surface area is 165 Å². The maximum Gasteiger partial charge on any atom is 0.338 e. The van der Waals surface area contributed by atoms with Gasteiger partial charge in [0.25, 0.3) is 5.91 Å². The summed E-state index contributed by atoms with van der Waals surface area (Å²) in [5.74, 6) is -0.894. The number of ether oxygens (including phenoxy) is 1. The summed E-state index contributed by atoms with van der Waals surface area (Å²) in [4.78, 5) is 29.8. The van der Waals surface area contributed by atoms with E-state index in [1.54, 1.807) is 29.7 Å². The fourth-order valence-electron chi connectivity index (χ4n) is 3.61. The average Bonchev–Trinajstić information content (AvgIpc) is 3.35. The molecule has 0 radical (unpaired) electrons. The Kier molecular flexibility index (Phi) is 3.91. The van der Waals surface area contributed by atoms with Crippen LogP contribution in [-0.4, -0.2) is 27.5 Å². The van der Waals surface area contributed by atoms with Gasteiger partial charge in [0.1, 0.15) is 5.52 Å². The summed E-state index contributed by atoms with van der Waals surface area (Å²) in [7, 11) is 0. The lowest BCUT2D eigenvalue weighted by atomic mass is 10.2. The minimum absolute atomic E-state index is 0.307. The molecule has 0 bridgehead atoms. The van der Waals surface area contributed by atoms with Crippen molar-refractivity contribution < 1.29 is 18.7 Å². The van der Waals surface area contributed by atoms with Crippen LogP contribution in [0.4, 0.5) is 0 Å². The van der Waals surface area contributed by atoms with Gasteiger partial charge in [0, 0.05) is 10.8 Å². The maximum atomic E-state index is 13.2. The van der Waals surface area contributed by atoms with Gasteiger partial charge in [-0.2, -0.15) is 0 Å². The number of esters is 1. The van der Waals surface area contributed by atoms with Crippen LogP contribution in [-0.2, 0) is 4.74 Å². The van der Waals surface area contributed by atoms with Crippen molar-refractivity contribution in [1.82, 2.24) is 9.55 Å². The minimum Gasteiger partial charge on any atom is -0.449 e. The highest BCUT2D eigenvalue weighted by Crippen LogP contribution is 2.29. The van der Waals surface area contributed by atoms with E-state index in [1.165, 1.54) is 6.39 Å². The molecule has 1 unspecified atom stereocenters. The molecule has 5 rings (SSSR count). The molecule has 2 heterocycles. The number of hydrogen-bond acceptors (Lipinski definition) is 5. The maximum absolute atomic E-state index is 13.2. The number of carbonyl (C=O) groups is 2. The van der Waals surface area contributed by atoms with E-state index in [9.17, 15) is 9.59 Å². The van der Waals surface area contributed by atoms with Crippen LogP contribution >= 0.6 is 0 Å². The quantitative estimate of drug-likeness (QED) is 0.417. The molecular formula is C23H16N2O4. The molecule has 6 nitrogen and oxygen atoms in total. The van der Waals surface area contributed by atoms with Gasteiger partial charge in [0.05, 0.1) is 16.6 Å². The molecule has 0 fully saturated rings. The number of para-hydroxylation sites is 2. The Morgan fingerprint density at radius 2 is 1.62 bits per heavy atom. The molecule has 3 aromatic carbocycles. The number of oxazole rings is 1. The third-order valence-electron chi connectivity index (χ3n) is 5.00. The van der Waals surface area contributed by atoms with E-state index < -0.39 is 12.1 Å². The number of nitrogens with zero attached hydrogens (tertiary/aromatic N) is 2. The van der Waals surface area contributed by atoms with Gasteiger partial charge in [0.2, 0.25) is 0 Å². The second kappa shape index (κ2) is 6.60. The molecule has 142 valence electrons. The van der Waals surface area contributed by atoms with Gasteiger partial charge in [-0.25, -0.2) is 9.78 Å².